The summed E-state index contributed by atoms with van der Waals surface area (Å²) in [5, 5.41) is 17.3. The SMILES string of the molecule is CC(C)n1c(CN[C@@H]2CCOC2)cc(=O)c2ccc(-c3nc(N[C@@H]4CCOC[C@H]4O)ncc3F)cc21. The lowest BCUT2D eigenvalue weighted by Crippen LogP contribution is -2.42. The molecule has 0 radical (unpaired) electrons. The highest BCUT2D eigenvalue weighted by Gasteiger charge is 2.25. The lowest BCUT2D eigenvalue weighted by Gasteiger charge is -2.28. The minimum atomic E-state index is -0.695. The van der Waals surface area contributed by atoms with Gasteiger partial charge in [0.25, 0.3) is 0 Å². The molecule has 3 N–H and O–H groups in total. The third kappa shape index (κ3) is 5.12. The van der Waals surface area contributed by atoms with Crippen LogP contribution in [0, 0.1) is 5.82 Å². The van der Waals surface area contributed by atoms with Crippen molar-refractivity contribution < 1.29 is 19.0 Å². The molecule has 1 aromatic carbocycles. The van der Waals surface area contributed by atoms with Gasteiger partial charge in [-0.15, -0.1) is 0 Å². The fourth-order valence-corrected chi connectivity index (χ4v) is 4.93. The molecule has 10 heteroatoms. The van der Waals surface area contributed by atoms with E-state index in [0.717, 1.165) is 30.4 Å². The Hall–Kier alpha value is -2.92. The number of fused-ring (bicyclic) bond motifs is 1. The van der Waals surface area contributed by atoms with Gasteiger partial charge in [0.1, 0.15) is 5.69 Å². The van der Waals surface area contributed by atoms with Gasteiger partial charge in [0.2, 0.25) is 5.95 Å². The maximum absolute atomic E-state index is 14.9. The second-order valence-corrected chi connectivity index (χ2v) is 9.71. The van der Waals surface area contributed by atoms with Gasteiger partial charge in [-0.3, -0.25) is 4.79 Å². The molecule has 2 fully saturated rings. The van der Waals surface area contributed by atoms with Crippen molar-refractivity contribution in [2.75, 3.05) is 31.7 Å². The Labute approximate surface area is 208 Å². The van der Waals surface area contributed by atoms with E-state index in [1.54, 1.807) is 18.2 Å². The molecule has 3 aromatic rings. The number of rotatable bonds is 7. The molecule has 4 heterocycles. The summed E-state index contributed by atoms with van der Waals surface area (Å²) in [6.07, 6.45) is 1.97. The number of aliphatic hydroxyl groups is 1. The maximum atomic E-state index is 14.9. The van der Waals surface area contributed by atoms with Crippen LogP contribution in [0.5, 0.6) is 0 Å². The molecule has 0 unspecified atom stereocenters. The second kappa shape index (κ2) is 10.6. The van der Waals surface area contributed by atoms with Crippen molar-refractivity contribution >= 4 is 16.9 Å². The zero-order valence-corrected chi connectivity index (χ0v) is 20.5. The van der Waals surface area contributed by atoms with E-state index in [2.05, 4.69) is 39.0 Å². The number of benzene rings is 1. The number of hydrogen-bond acceptors (Lipinski definition) is 8. The van der Waals surface area contributed by atoms with Crippen LogP contribution in [0.15, 0.2) is 35.3 Å². The molecule has 2 aromatic heterocycles. The Bertz CT molecular complexity index is 1290. The molecule has 0 spiro atoms. The Balaban J connectivity index is 1.51. The number of halogens is 1. The van der Waals surface area contributed by atoms with Gasteiger partial charge in [0, 0.05) is 54.6 Å². The maximum Gasteiger partial charge on any atom is 0.223 e. The number of pyridine rings is 1. The molecule has 2 aliphatic rings. The van der Waals surface area contributed by atoms with Crippen molar-refractivity contribution in [3.63, 3.8) is 0 Å². The molecule has 0 aliphatic carbocycles. The second-order valence-electron chi connectivity index (χ2n) is 9.71. The van der Waals surface area contributed by atoms with E-state index in [1.165, 1.54) is 0 Å². The first-order valence-corrected chi connectivity index (χ1v) is 12.4. The molecule has 9 nitrogen and oxygen atoms in total. The van der Waals surface area contributed by atoms with Gasteiger partial charge in [-0.1, -0.05) is 6.07 Å². The third-order valence-corrected chi connectivity index (χ3v) is 6.81. The Morgan fingerprint density at radius 2 is 2.00 bits per heavy atom. The lowest BCUT2D eigenvalue weighted by atomic mass is 10.1. The smallest absolute Gasteiger partial charge is 0.223 e. The predicted octanol–water partition coefficient (Wildman–Crippen LogP) is 2.62. The van der Waals surface area contributed by atoms with Crippen LogP contribution in [0.25, 0.3) is 22.2 Å². The van der Waals surface area contributed by atoms with Crippen LogP contribution in [0.1, 0.15) is 38.4 Å². The molecule has 36 heavy (non-hydrogen) atoms. The Kier molecular flexibility index (Phi) is 7.29. The molecule has 5 rings (SSSR count). The van der Waals surface area contributed by atoms with Gasteiger partial charge in [-0.25, -0.2) is 14.4 Å². The van der Waals surface area contributed by atoms with Crippen LogP contribution in [0.3, 0.4) is 0 Å². The van der Waals surface area contributed by atoms with Crippen molar-refractivity contribution in [2.45, 2.75) is 57.5 Å². The van der Waals surface area contributed by atoms with E-state index in [-0.39, 0.29) is 41.8 Å². The zero-order chi connectivity index (χ0) is 25.2. The first-order chi connectivity index (χ1) is 17.4. The van der Waals surface area contributed by atoms with Gasteiger partial charge in [0.15, 0.2) is 11.2 Å². The van der Waals surface area contributed by atoms with Crippen LogP contribution in [-0.4, -0.2) is 64.3 Å². The Morgan fingerprint density at radius 3 is 2.75 bits per heavy atom. The van der Waals surface area contributed by atoms with Crippen LogP contribution >= 0.6 is 0 Å². The van der Waals surface area contributed by atoms with E-state index in [0.29, 0.717) is 37.1 Å². The monoisotopic (exact) mass is 497 g/mol. The number of ether oxygens (including phenoxy) is 2. The van der Waals surface area contributed by atoms with Crippen LogP contribution < -0.4 is 16.1 Å². The average Bonchev–Trinajstić information content (AvgIpc) is 3.38. The molecule has 0 bridgehead atoms. The fourth-order valence-electron chi connectivity index (χ4n) is 4.93. The molecule has 0 saturated carbocycles. The minimum Gasteiger partial charge on any atom is -0.389 e. The quantitative estimate of drug-likeness (QED) is 0.457. The van der Waals surface area contributed by atoms with Crippen molar-refractivity contribution in [1.82, 2.24) is 19.9 Å². The van der Waals surface area contributed by atoms with Gasteiger partial charge in [0.05, 0.1) is 37.1 Å². The van der Waals surface area contributed by atoms with Crippen molar-refractivity contribution in [1.29, 1.82) is 0 Å². The number of nitrogens with one attached hydrogen (secondary N) is 2. The van der Waals surface area contributed by atoms with Crippen LogP contribution in [0.2, 0.25) is 0 Å². The summed E-state index contributed by atoms with van der Waals surface area (Å²) in [4.78, 5) is 21.5. The van der Waals surface area contributed by atoms with Crippen molar-refractivity contribution in [3.05, 3.63) is 52.2 Å². The largest absolute Gasteiger partial charge is 0.389 e. The van der Waals surface area contributed by atoms with Gasteiger partial charge in [-0.2, -0.15) is 0 Å². The third-order valence-electron chi connectivity index (χ3n) is 6.81. The van der Waals surface area contributed by atoms with E-state index in [9.17, 15) is 14.3 Å². The molecule has 3 atom stereocenters. The number of nitrogens with zero attached hydrogens (tertiary/aromatic N) is 3. The number of aromatic nitrogens is 3. The highest BCUT2D eigenvalue weighted by Crippen LogP contribution is 2.27. The van der Waals surface area contributed by atoms with Crippen molar-refractivity contribution in [3.8, 4) is 11.3 Å². The molecule has 0 amide bonds. The fraction of sp³-hybridized carbons (Fsp3) is 0.500. The van der Waals surface area contributed by atoms with E-state index >= 15 is 0 Å². The summed E-state index contributed by atoms with van der Waals surface area (Å²) in [6.45, 7) is 6.81. The normalized spacial score (nSPS) is 22.4. The average molecular weight is 498 g/mol. The molecule has 2 aliphatic heterocycles. The van der Waals surface area contributed by atoms with Crippen molar-refractivity contribution in [2.24, 2.45) is 0 Å². The number of aliphatic hydroxyl groups excluding tert-OH is 1. The Morgan fingerprint density at radius 1 is 1.19 bits per heavy atom. The van der Waals surface area contributed by atoms with E-state index < -0.39 is 11.9 Å². The van der Waals surface area contributed by atoms with E-state index in [1.807, 2.05) is 6.07 Å². The highest BCUT2D eigenvalue weighted by molar-refractivity contribution is 5.84. The highest BCUT2D eigenvalue weighted by atomic mass is 19.1. The number of hydrogen-bond donors (Lipinski definition) is 3. The first-order valence-electron chi connectivity index (χ1n) is 12.4. The molecule has 192 valence electrons. The first kappa shape index (κ1) is 24.8. The summed E-state index contributed by atoms with van der Waals surface area (Å²) in [5.74, 6) is -0.333. The number of anilines is 1. The zero-order valence-electron chi connectivity index (χ0n) is 20.5. The summed E-state index contributed by atoms with van der Waals surface area (Å²) >= 11 is 0. The predicted molar refractivity (Wildman–Crippen MR) is 134 cm³/mol. The van der Waals surface area contributed by atoms with E-state index in [4.69, 9.17) is 9.47 Å². The lowest BCUT2D eigenvalue weighted by molar-refractivity contribution is -0.0136. The summed E-state index contributed by atoms with van der Waals surface area (Å²) in [7, 11) is 0. The van der Waals surface area contributed by atoms with Gasteiger partial charge >= 0.3 is 0 Å². The standard InChI is InChI=1S/C26H32FN5O4/c1-15(2)32-18(11-28-17-5-7-35-13-17)10-23(33)19-4-3-16(9-22(19)32)25-20(27)12-29-26(31-25)30-21-6-8-36-14-24(21)34/h3-4,9-10,12,15,17,21,24,28,34H,5-8,11,13-14H2,1-2H3,(H,29,30,31)/t17-,21-,24-/m1/s1. The topological polar surface area (TPSA) is 111 Å². The van der Waals surface area contributed by atoms with Crippen LogP contribution in [-0.2, 0) is 16.0 Å². The molecule has 2 saturated heterocycles. The van der Waals surface area contributed by atoms with Crippen LogP contribution in [0.4, 0.5) is 10.3 Å². The van der Waals surface area contributed by atoms with Gasteiger partial charge in [-0.05, 0) is 38.8 Å². The minimum absolute atomic E-state index is 0.0717. The molecular weight excluding hydrogens is 465 g/mol. The summed E-state index contributed by atoms with van der Waals surface area (Å²) in [5.41, 5.74) is 2.19. The van der Waals surface area contributed by atoms with Gasteiger partial charge < -0.3 is 29.8 Å². The summed E-state index contributed by atoms with van der Waals surface area (Å²) < 4.78 is 27.7. The summed E-state index contributed by atoms with van der Waals surface area (Å²) in [6, 6.07) is 6.99. The molecular formula is C26H32FN5O4.